The summed E-state index contributed by atoms with van der Waals surface area (Å²) in [7, 11) is 0. The second kappa shape index (κ2) is 4.03. The predicted octanol–water partition coefficient (Wildman–Crippen LogP) is 2.78. The van der Waals surface area contributed by atoms with Crippen LogP contribution in [0.25, 0.3) is 22.1 Å². The fourth-order valence-electron chi connectivity index (χ4n) is 1.61. The number of hydrogen-bond acceptors (Lipinski definition) is 4. The number of H-pyrrole nitrogens is 1. The number of nitrogens with zero attached hydrogens (tertiary/aromatic N) is 2. The van der Waals surface area contributed by atoms with Crippen molar-refractivity contribution >= 4 is 17.0 Å². The number of rotatable bonds is 2. The zero-order valence-corrected chi connectivity index (χ0v) is 9.74. The van der Waals surface area contributed by atoms with E-state index in [1.54, 1.807) is 11.3 Å². The van der Waals surface area contributed by atoms with Crippen LogP contribution in [0.15, 0.2) is 41.8 Å². The zero-order valence-electron chi connectivity index (χ0n) is 8.92. The molecule has 4 nitrogen and oxygen atoms in total. The van der Waals surface area contributed by atoms with Crippen LogP contribution in [0.3, 0.4) is 0 Å². The van der Waals surface area contributed by atoms with Crippen molar-refractivity contribution in [2.45, 2.75) is 0 Å². The van der Waals surface area contributed by atoms with Crippen LogP contribution < -0.4 is 5.73 Å². The first-order valence-electron chi connectivity index (χ1n) is 5.16. The molecule has 0 aliphatic carbocycles. The molecule has 0 radical (unpaired) electrons. The van der Waals surface area contributed by atoms with Crippen LogP contribution in [0.4, 0.5) is 5.69 Å². The fraction of sp³-hybridized carbons (Fsp3) is 0. The van der Waals surface area contributed by atoms with Gasteiger partial charge >= 0.3 is 0 Å². The number of aromatic nitrogens is 3. The van der Waals surface area contributed by atoms with Crippen molar-refractivity contribution in [3.05, 3.63) is 41.8 Å². The van der Waals surface area contributed by atoms with Crippen molar-refractivity contribution in [2.75, 3.05) is 5.73 Å². The van der Waals surface area contributed by atoms with Crippen molar-refractivity contribution in [2.24, 2.45) is 0 Å². The highest BCUT2D eigenvalue weighted by Crippen LogP contribution is 2.26. The third-order valence-electron chi connectivity index (χ3n) is 2.44. The SMILES string of the molecule is Nc1ccccc1-c1n[nH]c(-c2cccs2)n1. The Labute approximate surface area is 102 Å². The molecule has 0 saturated heterocycles. The van der Waals surface area contributed by atoms with Gasteiger partial charge in [0.05, 0.1) is 4.88 Å². The number of nitrogens with two attached hydrogens (primary N) is 1. The molecule has 0 aliphatic rings. The van der Waals surface area contributed by atoms with E-state index in [2.05, 4.69) is 15.2 Å². The van der Waals surface area contributed by atoms with E-state index in [4.69, 9.17) is 5.73 Å². The number of thiophene rings is 1. The Hall–Kier alpha value is -2.14. The third kappa shape index (κ3) is 1.81. The van der Waals surface area contributed by atoms with E-state index < -0.39 is 0 Å². The number of nitrogens with one attached hydrogen (secondary N) is 1. The van der Waals surface area contributed by atoms with Gasteiger partial charge in [-0.05, 0) is 23.6 Å². The minimum absolute atomic E-state index is 0.631. The predicted molar refractivity (Wildman–Crippen MR) is 69.5 cm³/mol. The normalized spacial score (nSPS) is 10.6. The summed E-state index contributed by atoms with van der Waals surface area (Å²) in [6, 6.07) is 11.6. The third-order valence-corrected chi connectivity index (χ3v) is 3.32. The topological polar surface area (TPSA) is 67.6 Å². The summed E-state index contributed by atoms with van der Waals surface area (Å²) in [4.78, 5) is 5.52. The number of anilines is 1. The molecular weight excluding hydrogens is 232 g/mol. The average molecular weight is 242 g/mol. The Morgan fingerprint density at radius 1 is 1.12 bits per heavy atom. The highest BCUT2D eigenvalue weighted by molar-refractivity contribution is 7.13. The van der Waals surface area contributed by atoms with Gasteiger partial charge in [-0.3, -0.25) is 5.10 Å². The van der Waals surface area contributed by atoms with E-state index in [0.29, 0.717) is 11.5 Å². The van der Waals surface area contributed by atoms with E-state index in [-0.39, 0.29) is 0 Å². The molecule has 0 aliphatic heterocycles. The molecule has 17 heavy (non-hydrogen) atoms. The molecule has 0 atom stereocenters. The molecule has 3 N–H and O–H groups in total. The highest BCUT2D eigenvalue weighted by Gasteiger charge is 2.09. The van der Waals surface area contributed by atoms with Gasteiger partial charge in [0.25, 0.3) is 0 Å². The lowest BCUT2D eigenvalue weighted by atomic mass is 10.2. The largest absolute Gasteiger partial charge is 0.398 e. The van der Waals surface area contributed by atoms with Gasteiger partial charge in [0.2, 0.25) is 0 Å². The van der Waals surface area contributed by atoms with Crippen LogP contribution in [0.1, 0.15) is 0 Å². The molecule has 5 heteroatoms. The lowest BCUT2D eigenvalue weighted by Gasteiger charge is -1.98. The molecule has 0 spiro atoms. The molecule has 0 amide bonds. The highest BCUT2D eigenvalue weighted by atomic mass is 32.1. The quantitative estimate of drug-likeness (QED) is 0.679. The van der Waals surface area contributed by atoms with Gasteiger partial charge in [0, 0.05) is 11.3 Å². The molecule has 2 heterocycles. The maximum Gasteiger partial charge on any atom is 0.183 e. The first-order chi connectivity index (χ1) is 8.34. The van der Waals surface area contributed by atoms with Crippen LogP contribution >= 0.6 is 11.3 Å². The summed E-state index contributed by atoms with van der Waals surface area (Å²) in [5.74, 6) is 1.41. The van der Waals surface area contributed by atoms with E-state index >= 15 is 0 Å². The molecule has 3 rings (SSSR count). The minimum atomic E-state index is 0.631. The Bertz CT molecular complexity index is 628. The Balaban J connectivity index is 2.04. The van der Waals surface area contributed by atoms with Crippen LogP contribution in [0.2, 0.25) is 0 Å². The molecular formula is C12H10N4S. The molecule has 0 fully saturated rings. The first kappa shape index (κ1) is 10.0. The maximum atomic E-state index is 5.89. The van der Waals surface area contributed by atoms with Crippen LogP contribution in [0, 0.1) is 0 Å². The van der Waals surface area contributed by atoms with Crippen LogP contribution in [-0.4, -0.2) is 15.2 Å². The zero-order chi connectivity index (χ0) is 11.7. The van der Waals surface area contributed by atoms with Gasteiger partial charge in [-0.2, -0.15) is 5.10 Å². The number of para-hydroxylation sites is 1. The molecule has 3 aromatic rings. The summed E-state index contributed by atoms with van der Waals surface area (Å²) in [6.07, 6.45) is 0. The van der Waals surface area contributed by atoms with Crippen molar-refractivity contribution < 1.29 is 0 Å². The Morgan fingerprint density at radius 3 is 2.76 bits per heavy atom. The molecule has 0 bridgehead atoms. The van der Waals surface area contributed by atoms with Crippen LogP contribution in [-0.2, 0) is 0 Å². The van der Waals surface area contributed by atoms with Crippen molar-refractivity contribution in [3.8, 4) is 22.1 Å². The Morgan fingerprint density at radius 2 is 2.00 bits per heavy atom. The van der Waals surface area contributed by atoms with Crippen molar-refractivity contribution in [3.63, 3.8) is 0 Å². The smallest absolute Gasteiger partial charge is 0.183 e. The number of nitrogen functional groups attached to an aromatic ring is 1. The minimum Gasteiger partial charge on any atom is -0.398 e. The summed E-state index contributed by atoms with van der Waals surface area (Å²) in [6.45, 7) is 0. The second-order valence-electron chi connectivity index (χ2n) is 3.57. The molecule has 2 aromatic heterocycles. The van der Waals surface area contributed by atoms with Crippen LogP contribution in [0.5, 0.6) is 0 Å². The van der Waals surface area contributed by atoms with E-state index in [0.717, 1.165) is 16.3 Å². The fourth-order valence-corrected chi connectivity index (χ4v) is 2.27. The molecule has 0 saturated carbocycles. The monoisotopic (exact) mass is 242 g/mol. The standard InChI is InChI=1S/C12H10N4S/c13-9-5-2-1-4-8(9)11-14-12(16-15-11)10-6-3-7-17-10/h1-7H,13H2,(H,14,15,16). The lowest BCUT2D eigenvalue weighted by molar-refractivity contribution is 1.10. The van der Waals surface area contributed by atoms with Gasteiger partial charge < -0.3 is 5.73 Å². The van der Waals surface area contributed by atoms with Crippen molar-refractivity contribution in [1.29, 1.82) is 0 Å². The summed E-state index contributed by atoms with van der Waals surface area (Å²) < 4.78 is 0. The number of hydrogen-bond donors (Lipinski definition) is 2. The molecule has 1 aromatic carbocycles. The van der Waals surface area contributed by atoms with Gasteiger partial charge in [0.1, 0.15) is 0 Å². The van der Waals surface area contributed by atoms with E-state index in [1.807, 2.05) is 41.8 Å². The van der Waals surface area contributed by atoms with Gasteiger partial charge in [-0.25, -0.2) is 4.98 Å². The number of benzene rings is 1. The lowest BCUT2D eigenvalue weighted by Crippen LogP contribution is -1.90. The summed E-state index contributed by atoms with van der Waals surface area (Å²) in [5.41, 5.74) is 7.43. The van der Waals surface area contributed by atoms with Gasteiger partial charge in [0.15, 0.2) is 11.6 Å². The summed E-state index contributed by atoms with van der Waals surface area (Å²) >= 11 is 1.62. The Kier molecular flexibility index (Phi) is 2.38. The van der Waals surface area contributed by atoms with E-state index in [1.165, 1.54) is 0 Å². The molecule has 0 unspecified atom stereocenters. The van der Waals surface area contributed by atoms with E-state index in [9.17, 15) is 0 Å². The van der Waals surface area contributed by atoms with Gasteiger partial charge in [-0.1, -0.05) is 18.2 Å². The number of aromatic amines is 1. The van der Waals surface area contributed by atoms with Gasteiger partial charge in [-0.15, -0.1) is 11.3 Å². The molecule has 84 valence electrons. The first-order valence-corrected chi connectivity index (χ1v) is 6.04. The maximum absolute atomic E-state index is 5.89. The summed E-state index contributed by atoms with van der Waals surface area (Å²) in [5, 5.41) is 9.13. The van der Waals surface area contributed by atoms with Crippen molar-refractivity contribution in [1.82, 2.24) is 15.2 Å². The average Bonchev–Trinajstić information content (AvgIpc) is 3.00. The second-order valence-corrected chi connectivity index (χ2v) is 4.52.